The average Bonchev–Trinajstić information content (AvgIpc) is 2.35. The summed E-state index contributed by atoms with van der Waals surface area (Å²) >= 11 is -2.63. The number of hydrogen-bond donors (Lipinski definition) is 2. The molecular formula is C4H5N4O3S-. The molecule has 1 heterocycles. The van der Waals surface area contributed by atoms with Crippen molar-refractivity contribution in [2.75, 3.05) is 0 Å². The van der Waals surface area contributed by atoms with Gasteiger partial charge < -0.3 is 10.3 Å². The molecule has 0 aromatic heterocycles. The Morgan fingerprint density at radius 2 is 2.42 bits per heavy atom. The predicted molar refractivity (Wildman–Crippen MR) is 38.4 cm³/mol. The lowest BCUT2D eigenvalue weighted by Gasteiger charge is -2.24. The molecule has 1 aliphatic rings. The number of rotatable bonds is 2. The number of amides is 2. The first-order valence-corrected chi connectivity index (χ1v) is 3.91. The Kier molecular flexibility index (Phi) is 2.20. The largest absolute Gasteiger partial charge is 0.769 e. The predicted octanol–water partition coefficient (Wildman–Crippen LogP) is -0.833. The summed E-state index contributed by atoms with van der Waals surface area (Å²) in [5.74, 6) is 0. The smallest absolute Gasteiger partial charge is 0.315 e. The van der Waals surface area contributed by atoms with Crippen molar-refractivity contribution < 1.29 is 13.6 Å². The first-order chi connectivity index (χ1) is 5.57. The van der Waals surface area contributed by atoms with Crippen LogP contribution in [-0.2, 0) is 11.1 Å². The summed E-state index contributed by atoms with van der Waals surface area (Å²) in [6.07, 6.45) is 2.27. The van der Waals surface area contributed by atoms with Gasteiger partial charge in [0, 0.05) is 11.1 Å². The molecule has 0 spiro atoms. The van der Waals surface area contributed by atoms with Crippen LogP contribution in [0.5, 0.6) is 0 Å². The number of urea groups is 1. The van der Waals surface area contributed by atoms with E-state index in [1.165, 1.54) is 0 Å². The number of nitrogens with zero attached hydrogens (tertiary/aromatic N) is 2. The molecule has 2 unspecified atom stereocenters. The average molecular weight is 189 g/mol. The number of nitrogens with two attached hydrogens (primary N) is 1. The monoisotopic (exact) mass is 189 g/mol. The minimum atomic E-state index is -2.63. The quantitative estimate of drug-likeness (QED) is 0.551. The molecule has 1 aliphatic heterocycles. The van der Waals surface area contributed by atoms with E-state index in [9.17, 15) is 13.6 Å². The van der Waals surface area contributed by atoms with E-state index in [0.29, 0.717) is 0 Å². The lowest BCUT2D eigenvalue weighted by Crippen LogP contribution is -2.49. The van der Waals surface area contributed by atoms with Crippen LogP contribution < -0.4 is 11.1 Å². The maximum Gasteiger partial charge on any atom is 0.315 e. The molecule has 0 aliphatic carbocycles. The molecule has 12 heavy (non-hydrogen) atoms. The fourth-order valence-electron chi connectivity index (χ4n) is 0.661. The van der Waals surface area contributed by atoms with E-state index in [2.05, 4.69) is 10.2 Å². The minimum absolute atomic E-state index is 0.982. The van der Waals surface area contributed by atoms with Crippen LogP contribution in [0.15, 0.2) is 22.5 Å². The number of carbonyl (C=O) groups is 1. The van der Waals surface area contributed by atoms with Crippen molar-refractivity contribution in [2.24, 2.45) is 16.0 Å². The molecule has 0 saturated carbocycles. The van der Waals surface area contributed by atoms with Crippen molar-refractivity contribution in [1.29, 1.82) is 0 Å². The van der Waals surface area contributed by atoms with Crippen molar-refractivity contribution in [3.8, 4) is 0 Å². The van der Waals surface area contributed by atoms with Crippen LogP contribution >= 0.6 is 0 Å². The third-order valence-corrected chi connectivity index (χ3v) is 1.96. The third kappa shape index (κ3) is 1.48. The number of nitrogens with one attached hydrogen (secondary N) is 1. The van der Waals surface area contributed by atoms with Crippen LogP contribution in [0, 0.1) is 0 Å². The number of carbonyl (C=O) groups excluding carboxylic acids is 1. The zero-order chi connectivity index (χ0) is 9.19. The van der Waals surface area contributed by atoms with Crippen molar-refractivity contribution in [3.63, 3.8) is 0 Å². The van der Waals surface area contributed by atoms with Gasteiger partial charge in [-0.15, -0.1) is 5.11 Å². The van der Waals surface area contributed by atoms with Crippen molar-refractivity contribution >= 4 is 17.1 Å². The van der Waals surface area contributed by atoms with Crippen LogP contribution in [-0.4, -0.2) is 19.8 Å². The highest BCUT2D eigenvalue weighted by atomic mass is 32.2. The molecule has 0 aromatic rings. The summed E-state index contributed by atoms with van der Waals surface area (Å²) in [5.41, 5.74) is 4.74. The lowest BCUT2D eigenvalue weighted by molar-refractivity contribution is 0.245. The van der Waals surface area contributed by atoms with Crippen LogP contribution in [0.1, 0.15) is 0 Å². The highest BCUT2D eigenvalue weighted by Gasteiger charge is 2.32. The van der Waals surface area contributed by atoms with Gasteiger partial charge in [-0.05, 0) is 6.08 Å². The zero-order valence-corrected chi connectivity index (χ0v) is 6.58. The molecule has 1 rings (SSSR count). The van der Waals surface area contributed by atoms with Gasteiger partial charge >= 0.3 is 6.03 Å². The maximum atomic E-state index is 10.6. The Hall–Kier alpha value is -1.28. The molecule has 0 fully saturated rings. The molecule has 2 amide bonds. The topological polar surface area (TPSA) is 120 Å². The first kappa shape index (κ1) is 8.81. The van der Waals surface area contributed by atoms with E-state index < -0.39 is 22.1 Å². The summed E-state index contributed by atoms with van der Waals surface area (Å²) in [6, 6.07) is -0.982. The second kappa shape index (κ2) is 2.99. The van der Waals surface area contributed by atoms with Gasteiger partial charge in [0.1, 0.15) is 0 Å². The summed E-state index contributed by atoms with van der Waals surface area (Å²) in [5, 5.41) is 8.52. The third-order valence-electron chi connectivity index (χ3n) is 1.13. The number of hydrogen-bond acceptors (Lipinski definition) is 5. The minimum Gasteiger partial charge on any atom is -0.769 e. The SMILES string of the molecule is NC(=O)NC1(S(=O)[O-])C=CN=N1. The molecular weight excluding hydrogens is 184 g/mol. The molecule has 0 saturated heterocycles. The van der Waals surface area contributed by atoms with Gasteiger partial charge in [-0.1, -0.05) is 0 Å². The van der Waals surface area contributed by atoms with Crippen molar-refractivity contribution in [1.82, 2.24) is 5.32 Å². The normalized spacial score (nSPS) is 28.8. The summed E-state index contributed by atoms with van der Waals surface area (Å²) < 4.78 is 21.2. The summed E-state index contributed by atoms with van der Waals surface area (Å²) in [6.45, 7) is 0. The fourth-order valence-corrected chi connectivity index (χ4v) is 1.13. The maximum absolute atomic E-state index is 10.6. The molecule has 7 nitrogen and oxygen atoms in total. The van der Waals surface area contributed by atoms with Gasteiger partial charge in [-0.25, -0.2) is 4.79 Å². The Morgan fingerprint density at radius 1 is 1.75 bits per heavy atom. The molecule has 0 bridgehead atoms. The van der Waals surface area contributed by atoms with Crippen LogP contribution in [0.25, 0.3) is 0 Å². The van der Waals surface area contributed by atoms with E-state index in [-0.39, 0.29) is 0 Å². The molecule has 8 heteroatoms. The Balaban J connectivity index is 2.88. The lowest BCUT2D eigenvalue weighted by atomic mass is 10.5. The first-order valence-electron chi connectivity index (χ1n) is 2.83. The van der Waals surface area contributed by atoms with E-state index in [1.54, 1.807) is 0 Å². The van der Waals surface area contributed by atoms with Gasteiger partial charge in [-0.3, -0.25) is 9.53 Å². The van der Waals surface area contributed by atoms with E-state index in [4.69, 9.17) is 5.73 Å². The van der Waals surface area contributed by atoms with Gasteiger partial charge in [0.05, 0.1) is 6.20 Å². The van der Waals surface area contributed by atoms with E-state index >= 15 is 0 Å². The van der Waals surface area contributed by atoms with Gasteiger partial charge in [0.25, 0.3) is 0 Å². The van der Waals surface area contributed by atoms with Crippen molar-refractivity contribution in [2.45, 2.75) is 4.99 Å². The molecule has 0 radical (unpaired) electrons. The molecule has 2 atom stereocenters. The van der Waals surface area contributed by atoms with Crippen LogP contribution in [0.4, 0.5) is 4.79 Å². The second-order valence-corrected chi connectivity index (χ2v) is 3.04. The molecule has 66 valence electrons. The molecule has 0 aromatic carbocycles. The van der Waals surface area contributed by atoms with Crippen molar-refractivity contribution in [3.05, 3.63) is 12.3 Å². The van der Waals surface area contributed by atoms with Gasteiger partial charge in [0.2, 0.25) is 4.99 Å². The highest BCUT2D eigenvalue weighted by molar-refractivity contribution is 7.80. The van der Waals surface area contributed by atoms with Crippen LogP contribution in [0.2, 0.25) is 0 Å². The fraction of sp³-hybridized carbons (Fsp3) is 0.250. The summed E-state index contributed by atoms with van der Waals surface area (Å²) in [4.78, 5) is 8.55. The van der Waals surface area contributed by atoms with Gasteiger partial charge in [0.15, 0.2) is 0 Å². The van der Waals surface area contributed by atoms with E-state index in [1.807, 2.05) is 5.32 Å². The summed E-state index contributed by atoms with van der Waals surface area (Å²) in [7, 11) is 0. The number of primary amides is 1. The Morgan fingerprint density at radius 3 is 2.75 bits per heavy atom. The molecule has 3 N–H and O–H groups in total. The Labute approximate surface area is 70.0 Å². The standard InChI is InChI=1S/C4H6N4O3S/c5-3(9)7-4(12(10)11)1-2-6-8-4/h1-2H,(H,10,11)(H3,5,7,9)/p-1. The Bertz CT molecular complexity index is 274. The highest BCUT2D eigenvalue weighted by Crippen LogP contribution is 2.18. The zero-order valence-electron chi connectivity index (χ0n) is 5.76. The number of azo groups is 1. The van der Waals surface area contributed by atoms with Crippen LogP contribution in [0.3, 0.4) is 0 Å². The van der Waals surface area contributed by atoms with E-state index in [0.717, 1.165) is 12.3 Å². The second-order valence-electron chi connectivity index (χ2n) is 1.95. The van der Waals surface area contributed by atoms with Gasteiger partial charge in [-0.2, -0.15) is 5.11 Å².